The number of hydrogen-bond donors (Lipinski definition) is 1. The number of ketones is 1. The summed E-state index contributed by atoms with van der Waals surface area (Å²) in [5, 5.41) is -0.101. The van der Waals surface area contributed by atoms with E-state index < -0.39 is 11.6 Å². The van der Waals surface area contributed by atoms with Crippen molar-refractivity contribution in [2.45, 2.75) is 6.42 Å². The van der Waals surface area contributed by atoms with Crippen molar-refractivity contribution in [3.05, 3.63) is 28.5 Å². The standard InChI is InChI=1S/C10H11ClFNO2/c1-15-8-3-2-6(11)10(12)9(8)7(14)4-5-13/h2-3H,4-5,13H2,1H3. The highest BCUT2D eigenvalue weighted by molar-refractivity contribution is 6.31. The molecular formula is C10H11ClFNO2. The molecule has 0 fully saturated rings. The Kier molecular flexibility index (Phi) is 4.05. The Hall–Kier alpha value is -1.13. The Bertz CT molecular complexity index is 382. The number of hydrogen-bond acceptors (Lipinski definition) is 3. The van der Waals surface area contributed by atoms with Gasteiger partial charge in [-0.25, -0.2) is 4.39 Å². The van der Waals surface area contributed by atoms with E-state index in [4.69, 9.17) is 22.1 Å². The number of ether oxygens (including phenoxy) is 1. The minimum atomic E-state index is -0.755. The topological polar surface area (TPSA) is 52.3 Å². The Labute approximate surface area is 92.0 Å². The Morgan fingerprint density at radius 2 is 2.27 bits per heavy atom. The summed E-state index contributed by atoms with van der Waals surface area (Å²) in [7, 11) is 1.36. The molecule has 0 amide bonds. The van der Waals surface area contributed by atoms with Gasteiger partial charge in [0, 0.05) is 6.42 Å². The number of benzene rings is 1. The first-order chi connectivity index (χ1) is 7.11. The van der Waals surface area contributed by atoms with E-state index in [2.05, 4.69) is 0 Å². The molecule has 0 unspecified atom stereocenters. The minimum absolute atomic E-state index is 0.0631. The molecule has 15 heavy (non-hydrogen) atoms. The maximum atomic E-state index is 13.5. The van der Waals surface area contributed by atoms with Gasteiger partial charge in [-0.15, -0.1) is 0 Å². The van der Waals surface area contributed by atoms with Gasteiger partial charge in [-0.05, 0) is 18.7 Å². The molecule has 0 aliphatic carbocycles. The van der Waals surface area contributed by atoms with Gasteiger partial charge < -0.3 is 10.5 Å². The zero-order valence-electron chi connectivity index (χ0n) is 8.22. The normalized spacial score (nSPS) is 10.1. The van der Waals surface area contributed by atoms with E-state index in [0.29, 0.717) is 0 Å². The molecule has 0 atom stereocenters. The number of halogens is 2. The van der Waals surface area contributed by atoms with Crippen LogP contribution in [0.4, 0.5) is 4.39 Å². The second-order valence-corrected chi connectivity index (χ2v) is 3.31. The third-order valence-electron chi connectivity index (χ3n) is 1.93. The van der Waals surface area contributed by atoms with Crippen LogP contribution in [-0.4, -0.2) is 19.4 Å². The molecule has 0 spiro atoms. The highest BCUT2D eigenvalue weighted by atomic mass is 35.5. The molecule has 0 saturated heterocycles. The van der Waals surface area contributed by atoms with Gasteiger partial charge in [-0.1, -0.05) is 11.6 Å². The summed E-state index contributed by atoms with van der Waals surface area (Å²) in [4.78, 5) is 11.5. The van der Waals surface area contributed by atoms with Crippen molar-refractivity contribution >= 4 is 17.4 Å². The average Bonchev–Trinajstić information content (AvgIpc) is 2.22. The fraction of sp³-hybridized carbons (Fsp3) is 0.300. The van der Waals surface area contributed by atoms with Crippen molar-refractivity contribution < 1.29 is 13.9 Å². The number of rotatable bonds is 4. The second kappa shape index (κ2) is 5.09. The molecular weight excluding hydrogens is 221 g/mol. The maximum absolute atomic E-state index is 13.5. The van der Waals surface area contributed by atoms with Crippen molar-refractivity contribution in [2.75, 3.05) is 13.7 Å². The first-order valence-electron chi connectivity index (χ1n) is 4.37. The van der Waals surface area contributed by atoms with Gasteiger partial charge in [-0.3, -0.25) is 4.79 Å². The van der Waals surface area contributed by atoms with Crippen LogP contribution in [0, 0.1) is 5.82 Å². The summed E-state index contributed by atoms with van der Waals surface area (Å²) in [5.74, 6) is -0.987. The Balaban J connectivity index is 3.23. The van der Waals surface area contributed by atoms with Crippen LogP contribution in [0.15, 0.2) is 12.1 Å². The van der Waals surface area contributed by atoms with E-state index in [-0.39, 0.29) is 29.3 Å². The smallest absolute Gasteiger partial charge is 0.170 e. The second-order valence-electron chi connectivity index (χ2n) is 2.90. The zero-order chi connectivity index (χ0) is 11.4. The SMILES string of the molecule is COc1ccc(Cl)c(F)c1C(=O)CCN. The van der Waals surface area contributed by atoms with Crippen LogP contribution in [-0.2, 0) is 0 Å². The maximum Gasteiger partial charge on any atom is 0.170 e. The van der Waals surface area contributed by atoms with Crippen molar-refractivity contribution in [1.82, 2.24) is 0 Å². The van der Waals surface area contributed by atoms with Gasteiger partial charge in [0.15, 0.2) is 11.6 Å². The lowest BCUT2D eigenvalue weighted by molar-refractivity contribution is 0.0978. The summed E-state index contributed by atoms with van der Waals surface area (Å²) in [6, 6.07) is 2.80. The van der Waals surface area contributed by atoms with E-state index >= 15 is 0 Å². The Morgan fingerprint density at radius 1 is 1.60 bits per heavy atom. The van der Waals surface area contributed by atoms with Crippen molar-refractivity contribution in [3.63, 3.8) is 0 Å². The minimum Gasteiger partial charge on any atom is -0.496 e. The number of carbonyl (C=O) groups is 1. The molecule has 0 aromatic heterocycles. The van der Waals surface area contributed by atoms with E-state index in [1.54, 1.807) is 0 Å². The molecule has 5 heteroatoms. The van der Waals surface area contributed by atoms with Crippen LogP contribution >= 0.6 is 11.6 Å². The van der Waals surface area contributed by atoms with Crippen LogP contribution in [0.2, 0.25) is 5.02 Å². The summed E-state index contributed by atoms with van der Waals surface area (Å²) >= 11 is 5.57. The van der Waals surface area contributed by atoms with E-state index in [1.165, 1.54) is 19.2 Å². The highest BCUT2D eigenvalue weighted by Crippen LogP contribution is 2.28. The van der Waals surface area contributed by atoms with Crippen molar-refractivity contribution in [3.8, 4) is 5.75 Å². The van der Waals surface area contributed by atoms with Crippen molar-refractivity contribution in [2.24, 2.45) is 5.73 Å². The van der Waals surface area contributed by atoms with Gasteiger partial charge in [0.25, 0.3) is 0 Å². The highest BCUT2D eigenvalue weighted by Gasteiger charge is 2.19. The molecule has 1 aromatic carbocycles. The molecule has 1 aromatic rings. The predicted molar refractivity (Wildman–Crippen MR) is 56.0 cm³/mol. The third kappa shape index (κ3) is 2.46. The van der Waals surface area contributed by atoms with Crippen LogP contribution in [0.3, 0.4) is 0 Å². The Morgan fingerprint density at radius 3 is 2.80 bits per heavy atom. The molecule has 0 saturated carbocycles. The molecule has 0 aliphatic heterocycles. The van der Waals surface area contributed by atoms with Gasteiger partial charge >= 0.3 is 0 Å². The van der Waals surface area contributed by atoms with Crippen LogP contribution in [0.1, 0.15) is 16.8 Å². The van der Waals surface area contributed by atoms with Crippen LogP contribution in [0.25, 0.3) is 0 Å². The average molecular weight is 232 g/mol. The number of nitrogens with two attached hydrogens (primary N) is 1. The molecule has 0 bridgehead atoms. The fourth-order valence-electron chi connectivity index (χ4n) is 1.22. The predicted octanol–water partition coefficient (Wildman–Crippen LogP) is 2.02. The summed E-state index contributed by atoms with van der Waals surface area (Å²) in [6.07, 6.45) is 0.0631. The first-order valence-corrected chi connectivity index (χ1v) is 4.74. The number of methoxy groups -OCH3 is 1. The van der Waals surface area contributed by atoms with Crippen LogP contribution < -0.4 is 10.5 Å². The molecule has 82 valence electrons. The monoisotopic (exact) mass is 231 g/mol. The number of Topliss-reactive ketones (excluding diaryl/α,β-unsaturated/α-hetero) is 1. The quantitative estimate of drug-likeness (QED) is 0.807. The van der Waals surface area contributed by atoms with Gasteiger partial charge in [0.05, 0.1) is 17.7 Å². The van der Waals surface area contributed by atoms with Crippen molar-refractivity contribution in [1.29, 1.82) is 0 Å². The van der Waals surface area contributed by atoms with Gasteiger partial charge in [0.2, 0.25) is 0 Å². The van der Waals surface area contributed by atoms with E-state index in [1.807, 2.05) is 0 Å². The zero-order valence-corrected chi connectivity index (χ0v) is 8.97. The molecule has 0 aliphatic rings. The van der Waals surface area contributed by atoms with E-state index in [0.717, 1.165) is 0 Å². The molecule has 2 N–H and O–H groups in total. The molecule has 3 nitrogen and oxygen atoms in total. The summed E-state index contributed by atoms with van der Waals surface area (Å²) < 4.78 is 18.4. The summed E-state index contributed by atoms with van der Waals surface area (Å²) in [5.41, 5.74) is 5.10. The lowest BCUT2D eigenvalue weighted by atomic mass is 10.1. The van der Waals surface area contributed by atoms with Gasteiger partial charge in [-0.2, -0.15) is 0 Å². The third-order valence-corrected chi connectivity index (χ3v) is 2.22. The summed E-state index contributed by atoms with van der Waals surface area (Å²) in [6.45, 7) is 0.161. The van der Waals surface area contributed by atoms with Crippen LogP contribution in [0.5, 0.6) is 5.75 Å². The first kappa shape index (κ1) is 11.9. The van der Waals surface area contributed by atoms with Gasteiger partial charge in [0.1, 0.15) is 5.75 Å². The lowest BCUT2D eigenvalue weighted by Gasteiger charge is -2.08. The fourth-order valence-corrected chi connectivity index (χ4v) is 1.38. The number of carbonyl (C=O) groups excluding carboxylic acids is 1. The molecule has 1 rings (SSSR count). The largest absolute Gasteiger partial charge is 0.496 e. The lowest BCUT2D eigenvalue weighted by Crippen LogP contribution is -2.11. The molecule has 0 radical (unpaired) electrons. The molecule has 0 heterocycles. The van der Waals surface area contributed by atoms with E-state index in [9.17, 15) is 9.18 Å².